The number of aromatic nitrogens is 4. The maximum atomic E-state index is 4.99. The number of nitrogens with zero attached hydrogens (tertiary/aromatic N) is 2. The van der Waals surface area contributed by atoms with Crippen molar-refractivity contribution in [2.24, 2.45) is 0 Å². The molecule has 0 fully saturated rings. The number of H-pyrrole nitrogens is 2. The standard InChI is InChI=1S/C32H22N4.Ni/c1-3-7-21(8-4-1)31-27-15-11-23(33-27)19-25-13-17-29(35-25)32(22-9-5-2-6-10-22)30-18-14-26(36-30)20-24-12-16-28(31)34-24;/h1-20,33,36H;/q;+2. The van der Waals surface area contributed by atoms with Crippen LogP contribution in [0.3, 0.4) is 0 Å². The minimum absolute atomic E-state index is 0. The van der Waals surface area contributed by atoms with E-state index in [1.807, 2.05) is 12.1 Å². The Morgan fingerprint density at radius 2 is 0.892 bits per heavy atom. The molecule has 37 heavy (non-hydrogen) atoms. The Balaban J connectivity index is 0.00000252. The fourth-order valence-corrected chi connectivity index (χ4v) is 4.89. The van der Waals surface area contributed by atoms with E-state index in [1.54, 1.807) is 0 Å². The number of hydrogen-bond donors (Lipinski definition) is 2. The van der Waals surface area contributed by atoms with E-state index in [0.29, 0.717) is 0 Å². The van der Waals surface area contributed by atoms with Gasteiger partial charge in [0.1, 0.15) is 0 Å². The molecule has 5 heteroatoms. The fourth-order valence-electron chi connectivity index (χ4n) is 4.89. The zero-order chi connectivity index (χ0) is 23.9. The van der Waals surface area contributed by atoms with Crippen LogP contribution >= 0.6 is 0 Å². The van der Waals surface area contributed by atoms with Crippen LogP contribution in [0.25, 0.3) is 68.6 Å². The van der Waals surface area contributed by atoms with Crippen molar-refractivity contribution in [3.8, 4) is 22.3 Å². The Bertz CT molecular complexity index is 1690. The minimum atomic E-state index is 0. The van der Waals surface area contributed by atoms with Gasteiger partial charge >= 0.3 is 16.5 Å². The van der Waals surface area contributed by atoms with Crippen molar-refractivity contribution in [1.82, 2.24) is 19.9 Å². The second-order valence-electron chi connectivity index (χ2n) is 8.94. The molecule has 2 aliphatic heterocycles. The second kappa shape index (κ2) is 9.53. The summed E-state index contributed by atoms with van der Waals surface area (Å²) in [4.78, 5) is 17.2. The average molecular weight is 521 g/mol. The Kier molecular flexibility index (Phi) is 5.92. The van der Waals surface area contributed by atoms with Crippen molar-refractivity contribution in [3.05, 3.63) is 120 Å². The van der Waals surface area contributed by atoms with Gasteiger partial charge in [0.15, 0.2) is 0 Å². The first-order valence-electron chi connectivity index (χ1n) is 12.0. The summed E-state index contributed by atoms with van der Waals surface area (Å²) in [5.74, 6) is 0. The van der Waals surface area contributed by atoms with E-state index >= 15 is 0 Å². The van der Waals surface area contributed by atoms with E-state index in [4.69, 9.17) is 9.97 Å². The van der Waals surface area contributed by atoms with E-state index in [9.17, 15) is 0 Å². The van der Waals surface area contributed by atoms with Gasteiger partial charge in [0, 0.05) is 33.2 Å². The van der Waals surface area contributed by atoms with E-state index in [0.717, 1.165) is 67.1 Å². The molecule has 0 unspecified atom stereocenters. The minimum Gasteiger partial charge on any atom is -0.355 e. The smallest absolute Gasteiger partial charge is 0.355 e. The summed E-state index contributed by atoms with van der Waals surface area (Å²) in [7, 11) is 0. The van der Waals surface area contributed by atoms with Gasteiger partial charge in [0.25, 0.3) is 0 Å². The Morgan fingerprint density at radius 3 is 1.32 bits per heavy atom. The van der Waals surface area contributed by atoms with Crippen LogP contribution in [0, 0.1) is 0 Å². The Hall–Kier alpha value is -4.47. The van der Waals surface area contributed by atoms with Gasteiger partial charge in [-0.2, -0.15) is 0 Å². The molecule has 5 aromatic rings. The Morgan fingerprint density at radius 1 is 0.459 bits per heavy atom. The van der Waals surface area contributed by atoms with Crippen molar-refractivity contribution < 1.29 is 16.5 Å². The van der Waals surface area contributed by atoms with Crippen molar-refractivity contribution in [2.45, 2.75) is 0 Å². The molecule has 3 aromatic heterocycles. The van der Waals surface area contributed by atoms with Crippen molar-refractivity contribution in [3.63, 3.8) is 0 Å². The van der Waals surface area contributed by atoms with E-state index < -0.39 is 0 Å². The van der Waals surface area contributed by atoms with E-state index in [1.165, 1.54) is 0 Å². The van der Waals surface area contributed by atoms with E-state index in [2.05, 4.69) is 119 Å². The SMILES string of the molecule is C1=Cc2nc1cc1ccc([nH]1)c(-c1ccccc1)c1nc(cc3ccc([nH]3)c2-c2ccccc2)C=C1.[Ni+2]. The summed E-state index contributed by atoms with van der Waals surface area (Å²) >= 11 is 0. The predicted octanol–water partition coefficient (Wildman–Crippen LogP) is 7.99. The van der Waals surface area contributed by atoms with Crippen LogP contribution < -0.4 is 0 Å². The number of aromatic amines is 2. The number of benzene rings is 2. The van der Waals surface area contributed by atoms with Gasteiger partial charge in [-0.1, -0.05) is 60.7 Å². The molecule has 0 aliphatic carbocycles. The zero-order valence-corrected chi connectivity index (χ0v) is 20.7. The molecule has 8 bridgehead atoms. The van der Waals surface area contributed by atoms with Crippen molar-refractivity contribution in [1.29, 1.82) is 0 Å². The molecule has 178 valence electrons. The predicted molar refractivity (Wildman–Crippen MR) is 150 cm³/mol. The van der Waals surface area contributed by atoms with Gasteiger partial charge in [0.05, 0.1) is 22.8 Å². The van der Waals surface area contributed by atoms with Gasteiger partial charge < -0.3 is 9.97 Å². The molecule has 0 saturated heterocycles. The van der Waals surface area contributed by atoms with Crippen LogP contribution in [0.5, 0.6) is 0 Å². The molecule has 0 radical (unpaired) electrons. The van der Waals surface area contributed by atoms with Crippen LogP contribution in [0.4, 0.5) is 0 Å². The molecule has 2 aliphatic rings. The van der Waals surface area contributed by atoms with Gasteiger partial charge in [-0.3, -0.25) is 0 Å². The average Bonchev–Trinajstić information content (AvgIpc) is 3.72. The maximum Gasteiger partial charge on any atom is 2.00 e. The fraction of sp³-hybridized carbons (Fsp3) is 0. The molecule has 2 aromatic carbocycles. The maximum absolute atomic E-state index is 4.99. The summed E-state index contributed by atoms with van der Waals surface area (Å²) in [5, 5.41) is 0. The zero-order valence-electron chi connectivity index (χ0n) is 19.8. The third-order valence-electron chi connectivity index (χ3n) is 6.52. The topological polar surface area (TPSA) is 57.4 Å². The molecular formula is C32H22N4Ni+2. The van der Waals surface area contributed by atoms with Gasteiger partial charge in [-0.25, -0.2) is 9.97 Å². The molecule has 0 amide bonds. The summed E-state index contributed by atoms with van der Waals surface area (Å²) < 4.78 is 0. The number of rotatable bonds is 2. The van der Waals surface area contributed by atoms with Crippen molar-refractivity contribution in [2.75, 3.05) is 0 Å². The third kappa shape index (κ3) is 4.35. The van der Waals surface area contributed by atoms with Crippen LogP contribution in [-0.2, 0) is 16.5 Å². The molecular weight excluding hydrogens is 499 g/mol. The second-order valence-corrected chi connectivity index (χ2v) is 8.94. The number of hydrogen-bond acceptors (Lipinski definition) is 2. The third-order valence-corrected chi connectivity index (χ3v) is 6.52. The first kappa shape index (κ1) is 23.0. The first-order chi connectivity index (χ1) is 17.8. The number of nitrogens with one attached hydrogen (secondary N) is 2. The summed E-state index contributed by atoms with van der Waals surface area (Å²) in [6.45, 7) is 0. The molecule has 7 rings (SSSR count). The van der Waals surface area contributed by atoms with Crippen LogP contribution in [0.15, 0.2) is 97.1 Å². The molecule has 0 atom stereocenters. The number of fused-ring (bicyclic) bond motifs is 8. The first-order valence-corrected chi connectivity index (χ1v) is 12.0. The molecule has 5 heterocycles. The largest absolute Gasteiger partial charge is 2.00 e. The quantitative estimate of drug-likeness (QED) is 0.227. The molecule has 0 spiro atoms. The van der Waals surface area contributed by atoms with Crippen molar-refractivity contribution >= 4 is 46.4 Å². The summed E-state index contributed by atoms with van der Waals surface area (Å²) in [5.41, 5.74) is 12.1. The van der Waals surface area contributed by atoms with Gasteiger partial charge in [-0.15, -0.1) is 0 Å². The molecule has 4 nitrogen and oxygen atoms in total. The van der Waals surface area contributed by atoms with Gasteiger partial charge in [-0.05, 0) is 71.8 Å². The van der Waals surface area contributed by atoms with Gasteiger partial charge in [0.2, 0.25) is 0 Å². The normalized spacial score (nSPS) is 11.9. The molecule has 2 N–H and O–H groups in total. The summed E-state index contributed by atoms with van der Waals surface area (Å²) in [6, 6.07) is 33.4. The van der Waals surface area contributed by atoms with E-state index in [-0.39, 0.29) is 16.5 Å². The van der Waals surface area contributed by atoms with Crippen LogP contribution in [0.2, 0.25) is 0 Å². The van der Waals surface area contributed by atoms with Crippen LogP contribution in [-0.4, -0.2) is 19.9 Å². The molecule has 0 saturated carbocycles. The van der Waals surface area contributed by atoms with Crippen LogP contribution in [0.1, 0.15) is 22.8 Å². The monoisotopic (exact) mass is 520 g/mol. The summed E-state index contributed by atoms with van der Waals surface area (Å²) in [6.07, 6.45) is 8.32. The Labute approximate surface area is 224 Å².